The molecule has 0 fully saturated rings. The van der Waals surface area contributed by atoms with Gasteiger partial charge in [-0.3, -0.25) is 0 Å². The second-order valence-corrected chi connectivity index (χ2v) is 3.07. The molecule has 1 rings (SSSR count). The summed E-state index contributed by atoms with van der Waals surface area (Å²) in [5, 5.41) is 0. The molecule has 0 aliphatic carbocycles. The lowest BCUT2D eigenvalue weighted by molar-refractivity contribution is 0.340. The van der Waals surface area contributed by atoms with Crippen LogP contribution in [0, 0.1) is 9.64 Å². The third-order valence-electron chi connectivity index (χ3n) is 1.04. The summed E-state index contributed by atoms with van der Waals surface area (Å²) in [7, 11) is 0. The van der Waals surface area contributed by atoms with Crippen LogP contribution in [0.15, 0.2) is 18.2 Å². The van der Waals surface area contributed by atoms with Gasteiger partial charge in [-0.15, -0.1) is 0 Å². The summed E-state index contributed by atoms with van der Waals surface area (Å²) in [4.78, 5) is 0. The van der Waals surface area contributed by atoms with E-state index in [4.69, 9.17) is 4.74 Å². The highest BCUT2D eigenvalue weighted by Gasteiger charge is 1.90. The van der Waals surface area contributed by atoms with E-state index < -0.39 is 0 Å². The molecule has 1 nitrogen and oxygen atoms in total. The molecule has 1 radical (unpaired) electrons. The molecular weight excluding hydrogens is 239 g/mol. The average Bonchev–Trinajstić information content (AvgIpc) is 1.88. The summed E-state index contributed by atoms with van der Waals surface area (Å²) in [6.45, 7) is 2.69. The molecule has 0 N–H and O–H groups in total. The Bertz CT molecular complexity index is 210. The molecule has 0 aliphatic rings. The molecule has 0 saturated heterocycles. The molecule has 0 atom stereocenters. The Kier molecular flexibility index (Phi) is 2.99. The van der Waals surface area contributed by atoms with E-state index in [1.807, 2.05) is 25.1 Å². The molecular formula is C8H8IO. The van der Waals surface area contributed by atoms with Crippen molar-refractivity contribution in [1.29, 1.82) is 0 Å². The quantitative estimate of drug-likeness (QED) is 0.729. The first-order valence-corrected chi connectivity index (χ1v) is 4.20. The summed E-state index contributed by atoms with van der Waals surface area (Å²) >= 11 is 2.23. The summed E-state index contributed by atoms with van der Waals surface area (Å²) in [6.07, 6.45) is 0. The van der Waals surface area contributed by atoms with Gasteiger partial charge in [-0.25, -0.2) is 0 Å². The fourth-order valence-corrected chi connectivity index (χ4v) is 1.16. The van der Waals surface area contributed by atoms with Crippen molar-refractivity contribution in [2.24, 2.45) is 0 Å². The van der Waals surface area contributed by atoms with Crippen molar-refractivity contribution in [3.8, 4) is 5.75 Å². The zero-order chi connectivity index (χ0) is 7.40. The van der Waals surface area contributed by atoms with Crippen LogP contribution in [0.1, 0.15) is 6.92 Å². The van der Waals surface area contributed by atoms with Gasteiger partial charge in [0.15, 0.2) is 0 Å². The van der Waals surface area contributed by atoms with Crippen molar-refractivity contribution in [2.45, 2.75) is 6.92 Å². The monoisotopic (exact) mass is 247 g/mol. The largest absolute Gasteiger partial charge is 0.494 e. The first kappa shape index (κ1) is 7.85. The number of hydrogen-bond acceptors (Lipinski definition) is 1. The zero-order valence-electron chi connectivity index (χ0n) is 5.73. The topological polar surface area (TPSA) is 9.23 Å². The molecule has 0 aliphatic heterocycles. The third kappa shape index (κ3) is 2.17. The van der Waals surface area contributed by atoms with Gasteiger partial charge in [-0.2, -0.15) is 0 Å². The molecule has 0 heterocycles. The number of halogens is 1. The maximum Gasteiger partial charge on any atom is 0.120 e. The Hall–Kier alpha value is -0.250. The maximum atomic E-state index is 5.25. The van der Waals surface area contributed by atoms with E-state index in [-0.39, 0.29) is 0 Å². The van der Waals surface area contributed by atoms with E-state index in [1.54, 1.807) is 0 Å². The molecule has 53 valence electrons. The average molecular weight is 247 g/mol. The van der Waals surface area contributed by atoms with Crippen LogP contribution >= 0.6 is 22.6 Å². The molecule has 0 unspecified atom stereocenters. The molecule has 2 heteroatoms. The first-order valence-electron chi connectivity index (χ1n) is 3.12. The zero-order valence-corrected chi connectivity index (χ0v) is 7.88. The van der Waals surface area contributed by atoms with Gasteiger partial charge in [-0.1, -0.05) is 0 Å². The van der Waals surface area contributed by atoms with Crippen LogP contribution in [0.25, 0.3) is 0 Å². The maximum absolute atomic E-state index is 5.25. The van der Waals surface area contributed by atoms with Gasteiger partial charge in [0, 0.05) is 3.57 Å². The van der Waals surface area contributed by atoms with E-state index in [2.05, 4.69) is 28.7 Å². The highest BCUT2D eigenvalue weighted by atomic mass is 127. The van der Waals surface area contributed by atoms with Gasteiger partial charge >= 0.3 is 0 Å². The summed E-state index contributed by atoms with van der Waals surface area (Å²) in [5.41, 5.74) is 0. The highest BCUT2D eigenvalue weighted by molar-refractivity contribution is 14.1. The fraction of sp³-hybridized carbons (Fsp3) is 0.250. The number of ether oxygens (including phenoxy) is 1. The normalized spacial score (nSPS) is 9.40. The lowest BCUT2D eigenvalue weighted by Gasteiger charge is -2.00. The van der Waals surface area contributed by atoms with Crippen LogP contribution in [0.4, 0.5) is 0 Å². The Labute approximate surface area is 74.5 Å². The summed E-state index contributed by atoms with van der Waals surface area (Å²) in [5.74, 6) is 0.898. The van der Waals surface area contributed by atoms with E-state index in [1.165, 1.54) is 0 Å². The molecule has 0 bridgehead atoms. The third-order valence-corrected chi connectivity index (χ3v) is 1.66. The van der Waals surface area contributed by atoms with Crippen LogP contribution in [-0.2, 0) is 0 Å². The van der Waals surface area contributed by atoms with Crippen LogP contribution in [0.5, 0.6) is 5.75 Å². The van der Waals surface area contributed by atoms with Crippen LogP contribution in [0.2, 0.25) is 0 Å². The standard InChI is InChI=1S/C8H8IO/c1-2-10-8-5-3-4-7(9)6-8/h4-6H,2H2,1H3. The smallest absolute Gasteiger partial charge is 0.120 e. The van der Waals surface area contributed by atoms with Crippen LogP contribution < -0.4 is 4.74 Å². The second kappa shape index (κ2) is 3.81. The van der Waals surface area contributed by atoms with E-state index >= 15 is 0 Å². The molecule has 0 aromatic heterocycles. The minimum Gasteiger partial charge on any atom is -0.494 e. The molecule has 1 aromatic rings. The minimum absolute atomic E-state index is 0.716. The number of benzene rings is 1. The SMILES string of the molecule is CCOc1c[c]cc(I)c1. The lowest BCUT2D eigenvalue weighted by atomic mass is 10.3. The molecule has 10 heavy (non-hydrogen) atoms. The first-order chi connectivity index (χ1) is 4.83. The van der Waals surface area contributed by atoms with E-state index in [9.17, 15) is 0 Å². The highest BCUT2D eigenvalue weighted by Crippen LogP contribution is 2.13. The molecule has 0 spiro atoms. The van der Waals surface area contributed by atoms with E-state index in [0.717, 1.165) is 9.32 Å². The van der Waals surface area contributed by atoms with Gasteiger partial charge in [0.05, 0.1) is 6.61 Å². The van der Waals surface area contributed by atoms with Gasteiger partial charge in [0.2, 0.25) is 0 Å². The predicted octanol–water partition coefficient (Wildman–Crippen LogP) is 2.49. The van der Waals surface area contributed by atoms with Crippen molar-refractivity contribution in [3.63, 3.8) is 0 Å². The van der Waals surface area contributed by atoms with Crippen LogP contribution in [0.3, 0.4) is 0 Å². The van der Waals surface area contributed by atoms with Crippen molar-refractivity contribution >= 4 is 22.6 Å². The Morgan fingerprint density at radius 2 is 2.40 bits per heavy atom. The fourth-order valence-electron chi connectivity index (χ4n) is 0.673. The molecule has 0 amide bonds. The number of rotatable bonds is 2. The van der Waals surface area contributed by atoms with Crippen molar-refractivity contribution in [2.75, 3.05) is 6.61 Å². The predicted molar refractivity (Wildman–Crippen MR) is 49.2 cm³/mol. The van der Waals surface area contributed by atoms with Gasteiger partial charge in [0.1, 0.15) is 5.75 Å². The summed E-state index contributed by atoms with van der Waals surface area (Å²) in [6, 6.07) is 8.73. The number of hydrogen-bond donors (Lipinski definition) is 0. The van der Waals surface area contributed by atoms with Gasteiger partial charge < -0.3 is 4.74 Å². The summed E-state index contributed by atoms with van der Waals surface area (Å²) < 4.78 is 6.41. The van der Waals surface area contributed by atoms with Crippen molar-refractivity contribution < 1.29 is 4.74 Å². The molecule has 0 saturated carbocycles. The van der Waals surface area contributed by atoms with Crippen molar-refractivity contribution in [1.82, 2.24) is 0 Å². The lowest BCUT2D eigenvalue weighted by Crippen LogP contribution is -1.90. The van der Waals surface area contributed by atoms with Crippen molar-refractivity contribution in [3.05, 3.63) is 27.8 Å². The van der Waals surface area contributed by atoms with Crippen LogP contribution in [-0.4, -0.2) is 6.61 Å². The van der Waals surface area contributed by atoms with Gasteiger partial charge in [-0.05, 0) is 53.8 Å². The minimum atomic E-state index is 0.716. The Balaban J connectivity index is 2.75. The van der Waals surface area contributed by atoms with Gasteiger partial charge in [0.25, 0.3) is 0 Å². The Morgan fingerprint density at radius 1 is 1.60 bits per heavy atom. The Morgan fingerprint density at radius 3 is 3.00 bits per heavy atom. The second-order valence-electron chi connectivity index (χ2n) is 1.82. The van der Waals surface area contributed by atoms with E-state index in [0.29, 0.717) is 6.61 Å². The molecule has 1 aromatic carbocycles.